The maximum absolute atomic E-state index is 8.80. The lowest BCUT2D eigenvalue weighted by atomic mass is 10.00. The summed E-state index contributed by atoms with van der Waals surface area (Å²) in [6.07, 6.45) is 1.77. The van der Waals surface area contributed by atoms with E-state index in [1.165, 1.54) is 0 Å². The summed E-state index contributed by atoms with van der Waals surface area (Å²) in [5.41, 5.74) is 1.74. The van der Waals surface area contributed by atoms with Gasteiger partial charge in [-0.3, -0.25) is 0 Å². The molecule has 1 unspecified atom stereocenters. The molecule has 1 nitrogen and oxygen atoms in total. The van der Waals surface area contributed by atoms with Gasteiger partial charge in [0, 0.05) is 9.49 Å². The molecule has 1 aromatic rings. The summed E-state index contributed by atoms with van der Waals surface area (Å²) in [6.45, 7) is 7.57. The van der Waals surface area contributed by atoms with E-state index in [1.54, 1.807) is 6.08 Å². The minimum absolute atomic E-state index is 0.0594. The molecule has 0 aliphatic carbocycles. The van der Waals surface area contributed by atoms with Crippen molar-refractivity contribution in [3.05, 3.63) is 52.5 Å². The lowest BCUT2D eigenvalue weighted by Crippen LogP contribution is -1.91. The Labute approximate surface area is 92.2 Å². The van der Waals surface area contributed by atoms with Crippen molar-refractivity contribution in [2.75, 3.05) is 0 Å². The number of benzene rings is 1. The van der Waals surface area contributed by atoms with Crippen LogP contribution in [-0.4, -0.2) is 0 Å². The smallest absolute Gasteiger partial charge is 0.100 e. The Balaban J connectivity index is 3.15. The van der Waals surface area contributed by atoms with E-state index in [-0.39, 0.29) is 5.92 Å². The maximum atomic E-state index is 8.80. The highest BCUT2D eigenvalue weighted by Gasteiger charge is 2.04. The SMILES string of the molecule is [CH2]C(C=C)c1ccc(I)c(C#N)c1. The molecule has 2 heteroatoms. The number of hydrogen-bond donors (Lipinski definition) is 0. The number of allylic oxidation sites excluding steroid dienone is 1. The Bertz CT molecular complexity index is 363. The highest BCUT2D eigenvalue weighted by Crippen LogP contribution is 2.20. The minimum atomic E-state index is 0.0594. The van der Waals surface area contributed by atoms with Crippen LogP contribution in [0.2, 0.25) is 0 Å². The first-order chi connectivity index (χ1) is 6.19. The van der Waals surface area contributed by atoms with Crippen molar-refractivity contribution in [1.82, 2.24) is 0 Å². The first-order valence-electron chi connectivity index (χ1n) is 3.84. The van der Waals surface area contributed by atoms with E-state index < -0.39 is 0 Å². The van der Waals surface area contributed by atoms with Crippen LogP contribution in [0.1, 0.15) is 17.0 Å². The predicted molar refractivity (Wildman–Crippen MR) is 62.2 cm³/mol. The van der Waals surface area contributed by atoms with Crippen molar-refractivity contribution >= 4 is 22.6 Å². The summed E-state index contributed by atoms with van der Waals surface area (Å²) in [7, 11) is 0. The van der Waals surface area contributed by atoms with Gasteiger partial charge >= 0.3 is 0 Å². The van der Waals surface area contributed by atoms with E-state index in [0.717, 1.165) is 9.13 Å². The van der Waals surface area contributed by atoms with Gasteiger partial charge in [-0.1, -0.05) is 12.1 Å². The molecule has 0 aromatic heterocycles. The van der Waals surface area contributed by atoms with Crippen LogP contribution in [-0.2, 0) is 0 Å². The second kappa shape index (κ2) is 4.43. The molecule has 65 valence electrons. The van der Waals surface area contributed by atoms with E-state index in [4.69, 9.17) is 5.26 Å². The first-order valence-corrected chi connectivity index (χ1v) is 4.92. The van der Waals surface area contributed by atoms with Crippen molar-refractivity contribution in [2.45, 2.75) is 5.92 Å². The van der Waals surface area contributed by atoms with Gasteiger partial charge in [0.2, 0.25) is 0 Å². The van der Waals surface area contributed by atoms with Gasteiger partial charge in [0.1, 0.15) is 6.07 Å². The molecule has 1 atom stereocenters. The van der Waals surface area contributed by atoms with Crippen LogP contribution in [0.4, 0.5) is 0 Å². The molecule has 0 amide bonds. The number of nitrogens with zero attached hydrogens (tertiary/aromatic N) is 1. The normalized spacial score (nSPS) is 11.8. The maximum Gasteiger partial charge on any atom is 0.100 e. The van der Waals surface area contributed by atoms with Crippen molar-refractivity contribution < 1.29 is 0 Å². The van der Waals surface area contributed by atoms with Crippen LogP contribution in [0, 0.1) is 21.8 Å². The van der Waals surface area contributed by atoms with Crippen molar-refractivity contribution in [1.29, 1.82) is 5.26 Å². The number of rotatable bonds is 2. The average molecular weight is 282 g/mol. The van der Waals surface area contributed by atoms with Crippen molar-refractivity contribution in [2.24, 2.45) is 0 Å². The summed E-state index contributed by atoms with van der Waals surface area (Å²) in [6, 6.07) is 7.91. The second-order valence-electron chi connectivity index (χ2n) is 2.69. The van der Waals surface area contributed by atoms with Gasteiger partial charge in [0.25, 0.3) is 0 Å². The fourth-order valence-electron chi connectivity index (χ4n) is 0.995. The third kappa shape index (κ3) is 2.31. The van der Waals surface area contributed by atoms with Crippen LogP contribution < -0.4 is 0 Å². The molecule has 0 fully saturated rings. The summed E-state index contributed by atoms with van der Waals surface area (Å²) in [4.78, 5) is 0. The van der Waals surface area contributed by atoms with E-state index in [1.807, 2.05) is 18.2 Å². The summed E-state index contributed by atoms with van der Waals surface area (Å²) in [5, 5.41) is 8.80. The molecule has 0 aliphatic heterocycles. The molecule has 1 radical (unpaired) electrons. The number of nitriles is 1. The van der Waals surface area contributed by atoms with Gasteiger partial charge in [-0.15, -0.1) is 6.58 Å². The summed E-state index contributed by atoms with van der Waals surface area (Å²) < 4.78 is 0.972. The minimum Gasteiger partial charge on any atom is -0.192 e. The third-order valence-corrected chi connectivity index (χ3v) is 2.76. The Morgan fingerprint density at radius 3 is 2.77 bits per heavy atom. The Morgan fingerprint density at radius 2 is 2.23 bits per heavy atom. The summed E-state index contributed by atoms with van der Waals surface area (Å²) >= 11 is 2.14. The molecule has 0 bridgehead atoms. The third-order valence-electron chi connectivity index (χ3n) is 1.82. The molecule has 0 saturated heterocycles. The van der Waals surface area contributed by atoms with Gasteiger partial charge in [-0.25, -0.2) is 0 Å². The van der Waals surface area contributed by atoms with E-state index in [2.05, 4.69) is 42.2 Å². The molecule has 0 saturated carbocycles. The molecular formula is C11H9IN. The van der Waals surface area contributed by atoms with Crippen LogP contribution in [0.5, 0.6) is 0 Å². The van der Waals surface area contributed by atoms with E-state index in [9.17, 15) is 0 Å². The van der Waals surface area contributed by atoms with Gasteiger partial charge in [-0.2, -0.15) is 5.26 Å². The zero-order chi connectivity index (χ0) is 9.84. The Hall–Kier alpha value is -0.820. The molecule has 1 aromatic carbocycles. The fraction of sp³-hybridized carbons (Fsp3) is 0.0909. The topological polar surface area (TPSA) is 23.8 Å². The summed E-state index contributed by atoms with van der Waals surface area (Å²) in [5.74, 6) is 0.0594. The molecule has 0 N–H and O–H groups in total. The lowest BCUT2D eigenvalue weighted by Gasteiger charge is -2.06. The fourth-order valence-corrected chi connectivity index (χ4v) is 1.45. The van der Waals surface area contributed by atoms with Crippen molar-refractivity contribution in [3.63, 3.8) is 0 Å². The quantitative estimate of drug-likeness (QED) is 0.603. The molecule has 0 spiro atoms. The van der Waals surface area contributed by atoms with Crippen LogP contribution in [0.15, 0.2) is 30.9 Å². The van der Waals surface area contributed by atoms with E-state index >= 15 is 0 Å². The van der Waals surface area contributed by atoms with Gasteiger partial charge < -0.3 is 0 Å². The number of halogens is 1. The van der Waals surface area contributed by atoms with E-state index in [0.29, 0.717) is 5.56 Å². The van der Waals surface area contributed by atoms with Crippen molar-refractivity contribution in [3.8, 4) is 6.07 Å². The zero-order valence-electron chi connectivity index (χ0n) is 7.13. The average Bonchev–Trinajstić information content (AvgIpc) is 2.17. The highest BCUT2D eigenvalue weighted by molar-refractivity contribution is 14.1. The molecule has 13 heavy (non-hydrogen) atoms. The molecular weight excluding hydrogens is 273 g/mol. The van der Waals surface area contributed by atoms with Crippen LogP contribution in [0.25, 0.3) is 0 Å². The predicted octanol–water partition coefficient (Wildman–Crippen LogP) is 3.27. The Kier molecular flexibility index (Phi) is 3.49. The van der Waals surface area contributed by atoms with Gasteiger partial charge in [0.05, 0.1) is 5.56 Å². The Morgan fingerprint density at radius 1 is 1.54 bits per heavy atom. The monoisotopic (exact) mass is 282 g/mol. The van der Waals surface area contributed by atoms with Crippen LogP contribution >= 0.6 is 22.6 Å². The highest BCUT2D eigenvalue weighted by atomic mass is 127. The largest absolute Gasteiger partial charge is 0.192 e. The van der Waals surface area contributed by atoms with Crippen LogP contribution in [0.3, 0.4) is 0 Å². The zero-order valence-corrected chi connectivity index (χ0v) is 9.28. The molecule has 0 aliphatic rings. The molecule has 0 heterocycles. The number of hydrogen-bond acceptors (Lipinski definition) is 1. The van der Waals surface area contributed by atoms with Gasteiger partial charge in [-0.05, 0) is 47.2 Å². The standard InChI is InChI=1S/C11H9IN/c1-3-8(2)9-4-5-11(12)10(6-9)7-13/h3-6,8H,1-2H2. The lowest BCUT2D eigenvalue weighted by molar-refractivity contribution is 1.08. The van der Waals surface area contributed by atoms with Gasteiger partial charge in [0.15, 0.2) is 0 Å². The second-order valence-corrected chi connectivity index (χ2v) is 3.86. The molecule has 1 rings (SSSR count). The first kappa shape index (κ1) is 10.3.